The third-order valence-corrected chi connectivity index (χ3v) is 5.88. The first-order valence-electron chi connectivity index (χ1n) is 8.90. The second-order valence-electron chi connectivity index (χ2n) is 6.73. The average Bonchev–Trinajstić information content (AvgIpc) is 3.32. The number of hydrazone groups is 1. The largest absolute Gasteiger partial charge is 0.495 e. The number of amidine groups is 2. The third kappa shape index (κ3) is 3.49. The summed E-state index contributed by atoms with van der Waals surface area (Å²) >= 11 is 7.49. The molecule has 2 aliphatic heterocycles. The summed E-state index contributed by atoms with van der Waals surface area (Å²) in [4.78, 5) is 16.8. The van der Waals surface area contributed by atoms with Crippen molar-refractivity contribution in [1.82, 2.24) is 9.58 Å². The number of amides is 1. The Morgan fingerprint density at radius 3 is 2.83 bits per heavy atom. The molecule has 0 saturated carbocycles. The second-order valence-corrected chi connectivity index (χ2v) is 8.16. The summed E-state index contributed by atoms with van der Waals surface area (Å²) < 4.78 is 7.29. The monoisotopic (exact) mass is 427 g/mol. The molecule has 0 bridgehead atoms. The first kappa shape index (κ1) is 19.5. The van der Waals surface area contributed by atoms with Gasteiger partial charge < -0.3 is 9.30 Å². The maximum atomic E-state index is 12.6. The number of hydrogen-bond acceptors (Lipinski definition) is 5. The van der Waals surface area contributed by atoms with Gasteiger partial charge in [-0.05, 0) is 48.2 Å². The predicted octanol–water partition coefficient (Wildman–Crippen LogP) is 4.41. The van der Waals surface area contributed by atoms with E-state index in [9.17, 15) is 4.79 Å². The van der Waals surface area contributed by atoms with E-state index in [0.717, 1.165) is 10.7 Å². The number of halogens is 1. The number of carbonyl (C=O) groups excluding carboxylic acids is 1. The summed E-state index contributed by atoms with van der Waals surface area (Å²) in [6.45, 7) is 4.02. The Labute approximate surface area is 177 Å². The molecule has 0 aliphatic carbocycles. The molecule has 0 unspecified atom stereocenters. The second kappa shape index (κ2) is 7.53. The predicted molar refractivity (Wildman–Crippen MR) is 117 cm³/mol. The molecular weight excluding hydrogens is 410 g/mol. The molecule has 4 rings (SSSR count). The minimum atomic E-state index is -0.459. The molecule has 2 aromatic rings. The number of aliphatic imine (C=N–C) groups is 1. The van der Waals surface area contributed by atoms with E-state index in [2.05, 4.69) is 10.1 Å². The molecular formula is C20H18ClN5O2S. The van der Waals surface area contributed by atoms with Gasteiger partial charge in [0.2, 0.25) is 5.17 Å². The van der Waals surface area contributed by atoms with Crippen molar-refractivity contribution in [2.45, 2.75) is 13.8 Å². The van der Waals surface area contributed by atoms with Crippen molar-refractivity contribution in [3.63, 3.8) is 0 Å². The van der Waals surface area contributed by atoms with E-state index in [4.69, 9.17) is 21.7 Å². The Kier molecular flexibility index (Phi) is 5.06. The van der Waals surface area contributed by atoms with Gasteiger partial charge in [-0.2, -0.15) is 15.1 Å². The van der Waals surface area contributed by atoms with Gasteiger partial charge in [-0.25, -0.2) is 0 Å². The Morgan fingerprint density at radius 2 is 2.10 bits per heavy atom. The molecule has 2 aliphatic rings. The summed E-state index contributed by atoms with van der Waals surface area (Å²) in [6.07, 6.45) is 3.48. The minimum Gasteiger partial charge on any atom is -0.495 e. The molecule has 0 fully saturated rings. The van der Waals surface area contributed by atoms with Crippen molar-refractivity contribution >= 4 is 51.4 Å². The lowest BCUT2D eigenvalue weighted by Crippen LogP contribution is -2.35. The SMILES string of the molecule is COc1ccc(Cl)cc1-n1cccc1/C=C1\C(=N)N2N=C(C(C)C)SC2=NC1=O. The van der Waals surface area contributed by atoms with Gasteiger partial charge >= 0.3 is 0 Å². The highest BCUT2D eigenvalue weighted by Gasteiger charge is 2.36. The molecule has 29 heavy (non-hydrogen) atoms. The smallest absolute Gasteiger partial charge is 0.283 e. The summed E-state index contributed by atoms with van der Waals surface area (Å²) in [7, 11) is 1.58. The van der Waals surface area contributed by atoms with Gasteiger partial charge in [0, 0.05) is 22.8 Å². The lowest BCUT2D eigenvalue weighted by molar-refractivity contribution is -0.114. The number of methoxy groups -OCH3 is 1. The molecule has 1 N–H and O–H groups in total. The van der Waals surface area contributed by atoms with Crippen LogP contribution in [0, 0.1) is 11.3 Å². The van der Waals surface area contributed by atoms with Gasteiger partial charge in [0.05, 0.1) is 18.4 Å². The molecule has 148 valence electrons. The van der Waals surface area contributed by atoms with Gasteiger partial charge in [-0.15, -0.1) is 0 Å². The van der Waals surface area contributed by atoms with Crippen LogP contribution < -0.4 is 4.74 Å². The van der Waals surface area contributed by atoms with Crippen LogP contribution in [0.15, 0.2) is 52.2 Å². The molecule has 1 aromatic carbocycles. The van der Waals surface area contributed by atoms with E-state index in [1.165, 1.54) is 16.8 Å². The Bertz CT molecular complexity index is 1120. The Balaban J connectivity index is 1.76. The van der Waals surface area contributed by atoms with Crippen molar-refractivity contribution < 1.29 is 9.53 Å². The van der Waals surface area contributed by atoms with Crippen LogP contribution in [0.5, 0.6) is 5.75 Å². The van der Waals surface area contributed by atoms with Gasteiger partial charge in [-0.1, -0.05) is 25.4 Å². The Hall–Kier alpha value is -2.84. The molecule has 3 heterocycles. The quantitative estimate of drug-likeness (QED) is 0.732. The fourth-order valence-corrected chi connectivity index (χ4v) is 4.03. The third-order valence-electron chi connectivity index (χ3n) is 4.44. The van der Waals surface area contributed by atoms with E-state index in [1.54, 1.807) is 31.4 Å². The first-order valence-corrected chi connectivity index (χ1v) is 10.1. The number of nitrogens with one attached hydrogen (secondary N) is 1. The molecule has 1 aromatic heterocycles. The molecule has 0 radical (unpaired) electrons. The van der Waals surface area contributed by atoms with Crippen LogP contribution in [0.1, 0.15) is 19.5 Å². The fourth-order valence-electron chi connectivity index (χ4n) is 2.97. The maximum Gasteiger partial charge on any atom is 0.283 e. The van der Waals surface area contributed by atoms with Crippen LogP contribution in [0.4, 0.5) is 0 Å². The highest BCUT2D eigenvalue weighted by Crippen LogP contribution is 2.32. The van der Waals surface area contributed by atoms with Gasteiger partial charge in [0.25, 0.3) is 5.91 Å². The number of aromatic nitrogens is 1. The number of benzene rings is 1. The molecule has 0 saturated heterocycles. The summed E-state index contributed by atoms with van der Waals surface area (Å²) in [5.74, 6) is 0.377. The van der Waals surface area contributed by atoms with Crippen molar-refractivity contribution in [3.8, 4) is 11.4 Å². The zero-order chi connectivity index (χ0) is 20.7. The maximum absolute atomic E-state index is 12.6. The molecule has 1 amide bonds. The fraction of sp³-hybridized carbons (Fsp3) is 0.200. The first-order chi connectivity index (χ1) is 13.9. The van der Waals surface area contributed by atoms with Gasteiger partial charge in [-0.3, -0.25) is 10.2 Å². The van der Waals surface area contributed by atoms with Crippen LogP contribution in [-0.2, 0) is 4.79 Å². The van der Waals surface area contributed by atoms with Gasteiger partial charge in [0.1, 0.15) is 10.8 Å². The van der Waals surface area contributed by atoms with Crippen LogP contribution in [-0.4, -0.2) is 38.6 Å². The standard InChI is InChI=1S/C20H18ClN5O2S/c1-11(2)19-24-26-17(22)14(18(27)23-20(26)29-19)10-13-5-4-8-25(13)15-9-12(21)6-7-16(15)28-3/h4-11,22H,1-3H3/b14-10+,22-17?. The average molecular weight is 428 g/mol. The number of hydrogen-bond donors (Lipinski definition) is 1. The minimum absolute atomic E-state index is 0.00830. The Morgan fingerprint density at radius 1 is 1.31 bits per heavy atom. The number of nitrogens with zero attached hydrogens (tertiary/aromatic N) is 4. The topological polar surface area (TPSA) is 83.0 Å². The molecule has 0 spiro atoms. The lowest BCUT2D eigenvalue weighted by atomic mass is 10.1. The highest BCUT2D eigenvalue weighted by molar-refractivity contribution is 8.27. The van der Waals surface area contributed by atoms with E-state index in [-0.39, 0.29) is 17.3 Å². The van der Waals surface area contributed by atoms with E-state index < -0.39 is 5.91 Å². The number of ether oxygens (including phenoxy) is 1. The number of rotatable bonds is 4. The number of fused-ring (bicyclic) bond motifs is 1. The normalized spacial score (nSPS) is 17.7. The summed E-state index contributed by atoms with van der Waals surface area (Å²) in [5, 5.41) is 16.2. The van der Waals surface area contributed by atoms with Crippen LogP contribution >= 0.6 is 23.4 Å². The summed E-state index contributed by atoms with van der Waals surface area (Å²) in [5.41, 5.74) is 1.59. The zero-order valence-corrected chi connectivity index (χ0v) is 17.6. The van der Waals surface area contributed by atoms with Crippen LogP contribution in [0.3, 0.4) is 0 Å². The number of thioether (sulfide) groups is 1. The van der Waals surface area contributed by atoms with E-state index >= 15 is 0 Å². The van der Waals surface area contributed by atoms with Crippen molar-refractivity contribution in [3.05, 3.63) is 52.8 Å². The molecule has 0 atom stereocenters. The molecule has 9 heteroatoms. The van der Waals surface area contributed by atoms with Crippen molar-refractivity contribution in [1.29, 1.82) is 5.41 Å². The van der Waals surface area contributed by atoms with Crippen molar-refractivity contribution in [2.24, 2.45) is 16.0 Å². The van der Waals surface area contributed by atoms with E-state index in [1.807, 2.05) is 36.7 Å². The number of carbonyl (C=O) groups is 1. The van der Waals surface area contributed by atoms with Crippen LogP contribution in [0.2, 0.25) is 5.02 Å². The van der Waals surface area contributed by atoms with Crippen molar-refractivity contribution in [2.75, 3.05) is 7.11 Å². The van der Waals surface area contributed by atoms with Gasteiger partial charge in [0.15, 0.2) is 5.84 Å². The molecule has 7 nitrogen and oxygen atoms in total. The summed E-state index contributed by atoms with van der Waals surface area (Å²) in [6, 6.07) is 9.00. The zero-order valence-electron chi connectivity index (χ0n) is 16.0. The van der Waals surface area contributed by atoms with E-state index in [0.29, 0.717) is 21.6 Å². The lowest BCUT2D eigenvalue weighted by Gasteiger charge is -2.20. The van der Waals surface area contributed by atoms with Crippen LogP contribution in [0.25, 0.3) is 11.8 Å². The highest BCUT2D eigenvalue weighted by atomic mass is 35.5.